The maximum absolute atomic E-state index is 5.98. The summed E-state index contributed by atoms with van der Waals surface area (Å²) in [6.07, 6.45) is 4.52. The van der Waals surface area contributed by atoms with E-state index in [-0.39, 0.29) is 24.0 Å². The topological polar surface area (TPSA) is 68.9 Å². The molecule has 3 rings (SSSR count). The Morgan fingerprint density at radius 3 is 2.86 bits per heavy atom. The van der Waals surface area contributed by atoms with Gasteiger partial charge in [0, 0.05) is 18.2 Å². The molecule has 1 saturated carbocycles. The third kappa shape index (κ3) is 4.41. The van der Waals surface area contributed by atoms with E-state index >= 15 is 0 Å². The van der Waals surface area contributed by atoms with Crippen molar-refractivity contribution in [3.63, 3.8) is 0 Å². The lowest BCUT2D eigenvalue weighted by Crippen LogP contribution is -2.23. The van der Waals surface area contributed by atoms with Crippen LogP contribution in [0.5, 0.6) is 11.5 Å². The van der Waals surface area contributed by atoms with E-state index in [1.807, 2.05) is 18.2 Å². The van der Waals surface area contributed by atoms with Crippen molar-refractivity contribution >= 4 is 35.6 Å². The van der Waals surface area contributed by atoms with Gasteiger partial charge in [-0.3, -0.25) is 0 Å². The minimum atomic E-state index is 0. The fraction of sp³-hybridized carbons (Fsp3) is 0.562. The largest absolute Gasteiger partial charge is 0.490 e. The molecule has 3 N–H and O–H groups in total. The molecule has 0 radical (unpaired) electrons. The number of benzene rings is 1. The lowest BCUT2D eigenvalue weighted by atomic mass is 10.2. The van der Waals surface area contributed by atoms with Crippen LogP contribution in [-0.2, 0) is 0 Å². The molecule has 0 unspecified atom stereocenters. The molecule has 0 amide bonds. The summed E-state index contributed by atoms with van der Waals surface area (Å²) in [5, 5.41) is 3.14. The lowest BCUT2D eigenvalue weighted by molar-refractivity contribution is 0.297. The summed E-state index contributed by atoms with van der Waals surface area (Å²) < 4.78 is 11.3. The number of guanidine groups is 1. The molecule has 0 saturated heterocycles. The summed E-state index contributed by atoms with van der Waals surface area (Å²) in [5.74, 6) is 2.76. The van der Waals surface area contributed by atoms with Crippen molar-refractivity contribution in [2.24, 2.45) is 16.6 Å². The maximum atomic E-state index is 5.98. The molecule has 122 valence electrons. The number of nitrogens with zero attached hydrogens (tertiary/aromatic N) is 1. The lowest BCUT2D eigenvalue weighted by Gasteiger charge is -2.10. The number of nitrogens with two attached hydrogens (primary N) is 1. The number of anilines is 1. The van der Waals surface area contributed by atoms with Gasteiger partial charge in [-0.15, -0.1) is 24.0 Å². The quantitative estimate of drug-likeness (QED) is 0.448. The summed E-state index contributed by atoms with van der Waals surface area (Å²) in [7, 11) is 0. The summed E-state index contributed by atoms with van der Waals surface area (Å²) in [6, 6.07) is 6.16. The van der Waals surface area contributed by atoms with Crippen LogP contribution in [0.25, 0.3) is 0 Å². The van der Waals surface area contributed by atoms with Crippen LogP contribution in [0.2, 0.25) is 0 Å². The SMILES string of the molecule is CCC[C@@H]1C[C@H]1N=C(N)Nc1ccc2c(c1)OCCCO2.I. The van der Waals surface area contributed by atoms with Crippen LogP contribution in [0, 0.1) is 5.92 Å². The highest BCUT2D eigenvalue weighted by Crippen LogP contribution is 2.37. The van der Waals surface area contributed by atoms with Crippen LogP contribution in [-0.4, -0.2) is 25.2 Å². The monoisotopic (exact) mass is 417 g/mol. The van der Waals surface area contributed by atoms with Crippen LogP contribution in [0.3, 0.4) is 0 Å². The van der Waals surface area contributed by atoms with Gasteiger partial charge in [0.25, 0.3) is 0 Å². The maximum Gasteiger partial charge on any atom is 0.193 e. The van der Waals surface area contributed by atoms with Crippen LogP contribution >= 0.6 is 24.0 Å². The number of hydrogen-bond donors (Lipinski definition) is 2. The first-order valence-corrected chi connectivity index (χ1v) is 7.76. The first-order valence-electron chi connectivity index (χ1n) is 7.76. The molecule has 5 nitrogen and oxygen atoms in total. The normalized spacial score (nSPS) is 23.2. The highest BCUT2D eigenvalue weighted by atomic mass is 127. The molecule has 1 aromatic rings. The average Bonchev–Trinajstić information content (AvgIpc) is 3.22. The predicted octanol–water partition coefficient (Wildman–Crippen LogP) is 3.38. The summed E-state index contributed by atoms with van der Waals surface area (Å²) in [4.78, 5) is 4.53. The van der Waals surface area contributed by atoms with Crippen molar-refractivity contribution in [1.82, 2.24) is 0 Å². The molecule has 1 aromatic carbocycles. The zero-order chi connectivity index (χ0) is 14.7. The van der Waals surface area contributed by atoms with Crippen LogP contribution < -0.4 is 20.5 Å². The van der Waals surface area contributed by atoms with Crippen molar-refractivity contribution in [3.8, 4) is 11.5 Å². The fourth-order valence-electron chi connectivity index (χ4n) is 2.67. The van der Waals surface area contributed by atoms with Gasteiger partial charge in [-0.2, -0.15) is 0 Å². The number of nitrogens with one attached hydrogen (secondary N) is 1. The van der Waals surface area contributed by atoms with Gasteiger partial charge in [0.2, 0.25) is 0 Å². The van der Waals surface area contributed by atoms with E-state index in [2.05, 4.69) is 17.2 Å². The van der Waals surface area contributed by atoms with Crippen molar-refractivity contribution in [1.29, 1.82) is 0 Å². The number of fused-ring (bicyclic) bond motifs is 1. The van der Waals surface area contributed by atoms with Gasteiger partial charge in [-0.05, 0) is 30.9 Å². The van der Waals surface area contributed by atoms with Gasteiger partial charge in [-0.1, -0.05) is 13.3 Å². The molecule has 0 spiro atoms. The second kappa shape index (κ2) is 7.89. The van der Waals surface area contributed by atoms with Gasteiger partial charge in [0.1, 0.15) is 0 Å². The third-order valence-corrected chi connectivity index (χ3v) is 3.87. The van der Waals surface area contributed by atoms with Crippen molar-refractivity contribution in [3.05, 3.63) is 18.2 Å². The number of ether oxygens (including phenoxy) is 2. The minimum Gasteiger partial charge on any atom is -0.490 e. The Labute approximate surface area is 148 Å². The molecule has 1 fully saturated rings. The van der Waals surface area contributed by atoms with Gasteiger partial charge < -0.3 is 20.5 Å². The standard InChI is InChI=1S/C16H23N3O2.HI/c1-2-4-11-9-13(11)19-16(17)18-12-5-6-14-15(10-12)21-8-3-7-20-14;/h5-6,10-11,13H,2-4,7-9H2,1H3,(H3,17,18,19);1H/t11-,13-;/m1./s1. The number of hydrogen-bond acceptors (Lipinski definition) is 3. The molecule has 2 atom stereocenters. The molecule has 1 heterocycles. The second-order valence-electron chi connectivity index (χ2n) is 5.70. The molecular formula is C16H24IN3O2. The van der Waals surface area contributed by atoms with Gasteiger partial charge in [0.05, 0.1) is 19.3 Å². The molecular weight excluding hydrogens is 393 g/mol. The fourth-order valence-corrected chi connectivity index (χ4v) is 2.67. The average molecular weight is 417 g/mol. The number of rotatable bonds is 4. The summed E-state index contributed by atoms with van der Waals surface area (Å²) >= 11 is 0. The van der Waals surface area contributed by atoms with Crippen LogP contribution in [0.4, 0.5) is 5.69 Å². The second-order valence-corrected chi connectivity index (χ2v) is 5.70. The van der Waals surface area contributed by atoms with Crippen molar-refractivity contribution < 1.29 is 9.47 Å². The van der Waals surface area contributed by atoms with Crippen LogP contribution in [0.1, 0.15) is 32.6 Å². The number of aliphatic imine (C=N–C) groups is 1. The molecule has 6 heteroatoms. The molecule has 1 aliphatic heterocycles. The van der Waals surface area contributed by atoms with E-state index in [0.717, 1.165) is 35.9 Å². The van der Waals surface area contributed by atoms with E-state index in [1.165, 1.54) is 12.8 Å². The molecule has 2 aliphatic rings. The Morgan fingerprint density at radius 1 is 1.32 bits per heavy atom. The zero-order valence-electron chi connectivity index (χ0n) is 12.9. The first-order chi connectivity index (χ1) is 10.3. The van der Waals surface area contributed by atoms with E-state index in [1.54, 1.807) is 0 Å². The first kappa shape index (κ1) is 17.2. The molecule has 22 heavy (non-hydrogen) atoms. The van der Waals surface area contributed by atoms with E-state index in [9.17, 15) is 0 Å². The van der Waals surface area contributed by atoms with Crippen molar-refractivity contribution in [2.45, 2.75) is 38.6 Å². The van der Waals surface area contributed by atoms with E-state index in [4.69, 9.17) is 15.2 Å². The third-order valence-electron chi connectivity index (χ3n) is 3.87. The molecule has 1 aliphatic carbocycles. The number of halogens is 1. The zero-order valence-corrected chi connectivity index (χ0v) is 15.2. The summed E-state index contributed by atoms with van der Waals surface area (Å²) in [5.41, 5.74) is 6.86. The molecule has 0 bridgehead atoms. The Balaban J connectivity index is 0.00000176. The predicted molar refractivity (Wildman–Crippen MR) is 99.5 cm³/mol. The Hall–Kier alpha value is -1.18. The van der Waals surface area contributed by atoms with Gasteiger partial charge in [0.15, 0.2) is 17.5 Å². The van der Waals surface area contributed by atoms with Crippen LogP contribution in [0.15, 0.2) is 23.2 Å². The van der Waals surface area contributed by atoms with E-state index in [0.29, 0.717) is 25.2 Å². The van der Waals surface area contributed by atoms with Gasteiger partial charge >= 0.3 is 0 Å². The van der Waals surface area contributed by atoms with E-state index < -0.39 is 0 Å². The summed E-state index contributed by atoms with van der Waals surface area (Å²) in [6.45, 7) is 3.59. The Kier molecular flexibility index (Phi) is 6.16. The molecule has 0 aromatic heterocycles. The Morgan fingerprint density at radius 2 is 2.09 bits per heavy atom. The van der Waals surface area contributed by atoms with Gasteiger partial charge in [-0.25, -0.2) is 4.99 Å². The smallest absolute Gasteiger partial charge is 0.193 e. The minimum absolute atomic E-state index is 0. The highest BCUT2D eigenvalue weighted by Gasteiger charge is 2.36. The highest BCUT2D eigenvalue weighted by molar-refractivity contribution is 14.0. The Bertz CT molecular complexity index is 536. The van der Waals surface area contributed by atoms with Crippen molar-refractivity contribution in [2.75, 3.05) is 18.5 Å².